The second kappa shape index (κ2) is 5.28. The highest BCUT2D eigenvalue weighted by Crippen LogP contribution is 2.38. The van der Waals surface area contributed by atoms with Crippen molar-refractivity contribution in [2.24, 2.45) is 0 Å². The van der Waals surface area contributed by atoms with E-state index >= 15 is 0 Å². The molecule has 0 radical (unpaired) electrons. The first kappa shape index (κ1) is 14.0. The SMILES string of the molecule is O=C(Nc1c(Cl)cccc1C(F)(F)F)NC1CCC1. The molecule has 0 atom stereocenters. The van der Waals surface area contributed by atoms with Gasteiger partial charge in [-0.25, -0.2) is 4.79 Å². The molecule has 3 nitrogen and oxygen atoms in total. The maximum absolute atomic E-state index is 12.8. The Morgan fingerprint density at radius 2 is 2.00 bits per heavy atom. The summed E-state index contributed by atoms with van der Waals surface area (Å²) in [5, 5.41) is 4.64. The van der Waals surface area contributed by atoms with Gasteiger partial charge in [0.25, 0.3) is 0 Å². The van der Waals surface area contributed by atoms with Crippen LogP contribution in [0.25, 0.3) is 0 Å². The number of alkyl halides is 3. The topological polar surface area (TPSA) is 41.1 Å². The predicted molar refractivity (Wildman–Crippen MR) is 66.2 cm³/mol. The molecule has 0 aromatic heterocycles. The van der Waals surface area contributed by atoms with Crippen molar-refractivity contribution in [1.29, 1.82) is 0 Å². The van der Waals surface area contributed by atoms with Gasteiger partial charge in [0.1, 0.15) is 0 Å². The Morgan fingerprint density at radius 3 is 2.53 bits per heavy atom. The molecule has 0 saturated heterocycles. The maximum Gasteiger partial charge on any atom is 0.418 e. The summed E-state index contributed by atoms with van der Waals surface area (Å²) in [6.07, 6.45) is -1.85. The number of hydrogen-bond donors (Lipinski definition) is 2. The van der Waals surface area contributed by atoms with Crippen molar-refractivity contribution in [2.45, 2.75) is 31.5 Å². The molecule has 104 valence electrons. The van der Waals surface area contributed by atoms with E-state index in [-0.39, 0.29) is 11.1 Å². The molecule has 7 heteroatoms. The van der Waals surface area contributed by atoms with E-state index in [1.54, 1.807) is 0 Å². The summed E-state index contributed by atoms with van der Waals surface area (Å²) in [6, 6.07) is 2.75. The monoisotopic (exact) mass is 292 g/mol. The van der Waals surface area contributed by atoms with E-state index in [2.05, 4.69) is 10.6 Å². The van der Waals surface area contributed by atoms with Gasteiger partial charge in [-0.1, -0.05) is 17.7 Å². The van der Waals surface area contributed by atoms with E-state index in [9.17, 15) is 18.0 Å². The first-order valence-electron chi connectivity index (χ1n) is 5.81. The second-order valence-corrected chi connectivity index (χ2v) is 4.79. The van der Waals surface area contributed by atoms with Gasteiger partial charge >= 0.3 is 12.2 Å². The zero-order valence-corrected chi connectivity index (χ0v) is 10.6. The lowest BCUT2D eigenvalue weighted by Crippen LogP contribution is -2.42. The Kier molecular flexibility index (Phi) is 3.89. The van der Waals surface area contributed by atoms with E-state index in [4.69, 9.17) is 11.6 Å². The van der Waals surface area contributed by atoms with Gasteiger partial charge in [0.05, 0.1) is 16.3 Å². The fourth-order valence-corrected chi connectivity index (χ4v) is 2.00. The summed E-state index contributed by atoms with van der Waals surface area (Å²) in [6.45, 7) is 0. The van der Waals surface area contributed by atoms with Gasteiger partial charge in [-0.05, 0) is 31.4 Å². The van der Waals surface area contributed by atoms with Crippen LogP contribution in [0.3, 0.4) is 0 Å². The Labute approximate surface area is 113 Å². The molecule has 2 N–H and O–H groups in total. The number of halogens is 4. The van der Waals surface area contributed by atoms with E-state index in [1.807, 2.05) is 0 Å². The number of hydrogen-bond acceptors (Lipinski definition) is 1. The summed E-state index contributed by atoms with van der Waals surface area (Å²) < 4.78 is 38.4. The summed E-state index contributed by atoms with van der Waals surface area (Å²) in [5.41, 5.74) is -1.36. The summed E-state index contributed by atoms with van der Waals surface area (Å²) in [5.74, 6) is 0. The third-order valence-electron chi connectivity index (χ3n) is 3.00. The normalized spacial score (nSPS) is 15.8. The fraction of sp³-hybridized carbons (Fsp3) is 0.417. The van der Waals surface area contributed by atoms with E-state index in [1.165, 1.54) is 12.1 Å². The molecule has 1 fully saturated rings. The number of amides is 2. The first-order valence-corrected chi connectivity index (χ1v) is 6.19. The molecule has 0 heterocycles. The van der Waals surface area contributed by atoms with Crippen LogP contribution in [-0.4, -0.2) is 12.1 Å². The zero-order valence-electron chi connectivity index (χ0n) is 9.85. The zero-order chi connectivity index (χ0) is 14.0. The number of para-hydroxylation sites is 1. The molecule has 0 spiro atoms. The molecule has 0 unspecified atom stereocenters. The van der Waals surface area contributed by atoms with Crippen LogP contribution < -0.4 is 10.6 Å². The second-order valence-electron chi connectivity index (χ2n) is 4.39. The average molecular weight is 293 g/mol. The third kappa shape index (κ3) is 3.32. The summed E-state index contributed by atoms with van der Waals surface area (Å²) in [7, 11) is 0. The molecule has 2 rings (SSSR count). The van der Waals surface area contributed by atoms with Crippen LogP contribution in [0.4, 0.5) is 23.7 Å². The molecule has 1 aromatic carbocycles. The van der Waals surface area contributed by atoms with Gasteiger partial charge in [-0.2, -0.15) is 13.2 Å². The van der Waals surface area contributed by atoms with E-state index < -0.39 is 23.5 Å². The smallest absolute Gasteiger partial charge is 0.335 e. The number of benzene rings is 1. The number of carbonyl (C=O) groups excluding carboxylic acids is 1. The van der Waals surface area contributed by atoms with Crippen LogP contribution in [0.15, 0.2) is 18.2 Å². The van der Waals surface area contributed by atoms with Crippen LogP contribution in [0.2, 0.25) is 5.02 Å². The van der Waals surface area contributed by atoms with Crippen LogP contribution >= 0.6 is 11.6 Å². The number of urea groups is 1. The minimum Gasteiger partial charge on any atom is -0.335 e. The Balaban J connectivity index is 2.16. The standard InChI is InChI=1S/C12H12ClF3N2O/c13-9-6-2-5-8(12(14,15)16)10(9)18-11(19)17-7-3-1-4-7/h2,5-7H,1,3-4H2,(H2,17,18,19). The predicted octanol–water partition coefficient (Wildman–Crippen LogP) is 4.03. The summed E-state index contributed by atoms with van der Waals surface area (Å²) in [4.78, 5) is 11.6. The molecule has 0 aliphatic heterocycles. The van der Waals surface area contributed by atoms with E-state index in [0.717, 1.165) is 25.3 Å². The molecule has 1 aliphatic rings. The Bertz CT molecular complexity index is 486. The van der Waals surface area contributed by atoms with Crippen molar-refractivity contribution in [3.8, 4) is 0 Å². The highest BCUT2D eigenvalue weighted by molar-refractivity contribution is 6.33. The molecule has 1 aliphatic carbocycles. The van der Waals surface area contributed by atoms with Crippen LogP contribution in [0, 0.1) is 0 Å². The molecule has 2 amide bonds. The molecule has 1 aromatic rings. The summed E-state index contributed by atoms with van der Waals surface area (Å²) >= 11 is 5.72. The van der Waals surface area contributed by atoms with Crippen molar-refractivity contribution >= 4 is 23.3 Å². The maximum atomic E-state index is 12.8. The number of nitrogens with one attached hydrogen (secondary N) is 2. The van der Waals surface area contributed by atoms with Crippen LogP contribution in [0.1, 0.15) is 24.8 Å². The minimum atomic E-state index is -4.57. The quantitative estimate of drug-likeness (QED) is 0.849. The van der Waals surface area contributed by atoms with Gasteiger partial charge in [-0.3, -0.25) is 0 Å². The molecule has 0 bridgehead atoms. The van der Waals surface area contributed by atoms with Crippen molar-refractivity contribution in [3.63, 3.8) is 0 Å². The number of anilines is 1. The number of carbonyl (C=O) groups is 1. The Morgan fingerprint density at radius 1 is 1.32 bits per heavy atom. The molecule has 1 saturated carbocycles. The minimum absolute atomic E-state index is 0.0387. The van der Waals surface area contributed by atoms with Gasteiger partial charge in [0, 0.05) is 6.04 Å². The number of rotatable bonds is 2. The highest BCUT2D eigenvalue weighted by Gasteiger charge is 2.35. The van der Waals surface area contributed by atoms with Crippen molar-refractivity contribution in [3.05, 3.63) is 28.8 Å². The molecule has 19 heavy (non-hydrogen) atoms. The third-order valence-corrected chi connectivity index (χ3v) is 3.31. The lowest BCUT2D eigenvalue weighted by atomic mass is 9.93. The first-order chi connectivity index (χ1) is 8.88. The van der Waals surface area contributed by atoms with Crippen molar-refractivity contribution < 1.29 is 18.0 Å². The van der Waals surface area contributed by atoms with E-state index in [0.29, 0.717) is 0 Å². The van der Waals surface area contributed by atoms with Gasteiger partial charge in [-0.15, -0.1) is 0 Å². The van der Waals surface area contributed by atoms with Gasteiger partial charge in [0.2, 0.25) is 0 Å². The van der Waals surface area contributed by atoms with Gasteiger partial charge < -0.3 is 10.6 Å². The highest BCUT2D eigenvalue weighted by atomic mass is 35.5. The molecular weight excluding hydrogens is 281 g/mol. The van der Waals surface area contributed by atoms with Crippen LogP contribution in [-0.2, 0) is 6.18 Å². The van der Waals surface area contributed by atoms with Crippen molar-refractivity contribution in [2.75, 3.05) is 5.32 Å². The lowest BCUT2D eigenvalue weighted by molar-refractivity contribution is -0.136. The largest absolute Gasteiger partial charge is 0.418 e. The fourth-order valence-electron chi connectivity index (χ4n) is 1.78. The molecular formula is C12H12ClF3N2O. The van der Waals surface area contributed by atoms with Gasteiger partial charge in [0.15, 0.2) is 0 Å². The lowest BCUT2D eigenvalue weighted by Gasteiger charge is -2.26. The van der Waals surface area contributed by atoms with Crippen LogP contribution in [0.5, 0.6) is 0 Å². The van der Waals surface area contributed by atoms with Crippen molar-refractivity contribution in [1.82, 2.24) is 5.32 Å². The Hall–Kier alpha value is -1.43. The average Bonchev–Trinajstić information content (AvgIpc) is 2.25.